The van der Waals surface area contributed by atoms with Gasteiger partial charge in [0.25, 0.3) is 0 Å². The lowest BCUT2D eigenvalue weighted by atomic mass is 9.90. The molecule has 3 amide bonds. The molecule has 0 radical (unpaired) electrons. The van der Waals surface area contributed by atoms with Gasteiger partial charge in [-0.1, -0.05) is 30.3 Å². The molecule has 3 heterocycles. The van der Waals surface area contributed by atoms with Crippen molar-refractivity contribution in [2.24, 2.45) is 5.92 Å². The number of aliphatic hydroxyl groups excluding tert-OH is 1. The zero-order valence-electron chi connectivity index (χ0n) is 13.4. The van der Waals surface area contributed by atoms with E-state index in [0.29, 0.717) is 26.2 Å². The molecule has 3 aliphatic heterocycles. The fourth-order valence-electron chi connectivity index (χ4n) is 4.07. The van der Waals surface area contributed by atoms with Gasteiger partial charge in [0.2, 0.25) is 5.91 Å². The van der Waals surface area contributed by atoms with Gasteiger partial charge >= 0.3 is 6.03 Å². The Labute approximate surface area is 140 Å². The quantitative estimate of drug-likeness (QED) is 0.850. The van der Waals surface area contributed by atoms with Gasteiger partial charge in [0.05, 0.1) is 12.6 Å². The third-order valence-corrected chi connectivity index (χ3v) is 5.13. The van der Waals surface area contributed by atoms with Crippen molar-refractivity contribution < 1.29 is 19.5 Å². The van der Waals surface area contributed by atoms with E-state index < -0.39 is 6.04 Å². The molecule has 2 bridgehead atoms. The highest BCUT2D eigenvalue weighted by Gasteiger charge is 2.56. The number of urea groups is 1. The van der Waals surface area contributed by atoms with Crippen LogP contribution in [0, 0.1) is 5.92 Å². The van der Waals surface area contributed by atoms with E-state index in [2.05, 4.69) is 0 Å². The van der Waals surface area contributed by atoms with Crippen LogP contribution in [0.1, 0.15) is 12.0 Å². The third-order valence-electron chi connectivity index (χ3n) is 5.13. The first-order valence-corrected chi connectivity index (χ1v) is 8.35. The number of carbonyl (C=O) groups is 2. The average molecular weight is 331 g/mol. The Morgan fingerprint density at radius 2 is 1.96 bits per heavy atom. The second kappa shape index (κ2) is 6.07. The minimum Gasteiger partial charge on any atom is -0.395 e. The summed E-state index contributed by atoms with van der Waals surface area (Å²) >= 11 is 0. The highest BCUT2D eigenvalue weighted by molar-refractivity contribution is 5.90. The number of nitrogens with zero attached hydrogens (tertiary/aromatic N) is 3. The lowest BCUT2D eigenvalue weighted by molar-refractivity contribution is -0.142. The van der Waals surface area contributed by atoms with E-state index in [9.17, 15) is 9.59 Å². The maximum atomic E-state index is 12.7. The molecule has 7 heteroatoms. The van der Waals surface area contributed by atoms with Gasteiger partial charge < -0.3 is 14.9 Å². The van der Waals surface area contributed by atoms with E-state index in [1.807, 2.05) is 30.3 Å². The van der Waals surface area contributed by atoms with Crippen molar-refractivity contribution in [3.05, 3.63) is 35.9 Å². The summed E-state index contributed by atoms with van der Waals surface area (Å²) in [5, 5.41) is 10.5. The van der Waals surface area contributed by atoms with Crippen LogP contribution in [0.5, 0.6) is 0 Å². The van der Waals surface area contributed by atoms with Crippen LogP contribution in [-0.2, 0) is 16.2 Å². The van der Waals surface area contributed by atoms with Crippen molar-refractivity contribution in [2.45, 2.75) is 25.1 Å². The molecular weight excluding hydrogens is 310 g/mol. The predicted octanol–water partition coefficient (Wildman–Crippen LogP) is 0.447. The number of hydrogen-bond donors (Lipinski definition) is 1. The zero-order chi connectivity index (χ0) is 16.7. The molecule has 0 aliphatic carbocycles. The summed E-state index contributed by atoms with van der Waals surface area (Å²) in [7, 11) is 0. The Bertz CT molecular complexity index is 638. The molecule has 24 heavy (non-hydrogen) atoms. The average Bonchev–Trinajstić information content (AvgIpc) is 3.03. The topological polar surface area (TPSA) is 73.3 Å². The van der Waals surface area contributed by atoms with Gasteiger partial charge in [0.1, 0.15) is 12.6 Å². The Hall–Kier alpha value is -2.12. The Morgan fingerprint density at radius 3 is 2.71 bits per heavy atom. The molecule has 3 fully saturated rings. The van der Waals surface area contributed by atoms with E-state index in [4.69, 9.17) is 9.94 Å². The van der Waals surface area contributed by atoms with Gasteiger partial charge in [-0.15, -0.1) is 0 Å². The molecule has 3 aliphatic rings. The first-order chi connectivity index (χ1) is 11.7. The number of amides is 3. The Balaban J connectivity index is 1.45. The summed E-state index contributed by atoms with van der Waals surface area (Å²) in [6.07, 6.45) is 0.759. The second-order valence-electron chi connectivity index (χ2n) is 6.62. The summed E-state index contributed by atoms with van der Waals surface area (Å²) in [6, 6.07) is 9.10. The van der Waals surface area contributed by atoms with Crippen LogP contribution < -0.4 is 0 Å². The number of carbonyl (C=O) groups excluding carboxylic acids is 2. The van der Waals surface area contributed by atoms with E-state index in [0.717, 1.165) is 12.0 Å². The number of β-amino-alcohol motifs (C(OH)–C–C–N with tert-alkyl or cyclic N) is 1. The standard InChI is InChI=1S/C17H21N3O4/c21-7-6-18-9-13-8-14-10-19(15(13)16(18)22)17(23)20(14)24-11-12-4-2-1-3-5-12/h1-5,13-15,21H,6-11H2/t13-,14+,15-/m0/s1. The van der Waals surface area contributed by atoms with E-state index in [1.54, 1.807) is 9.80 Å². The molecule has 3 atom stereocenters. The van der Waals surface area contributed by atoms with Crippen LogP contribution in [0.15, 0.2) is 30.3 Å². The fourth-order valence-corrected chi connectivity index (χ4v) is 4.07. The molecule has 0 saturated carbocycles. The van der Waals surface area contributed by atoms with Crippen molar-refractivity contribution in [3.63, 3.8) is 0 Å². The normalized spacial score (nSPS) is 28.7. The van der Waals surface area contributed by atoms with Crippen molar-refractivity contribution in [1.29, 1.82) is 0 Å². The maximum absolute atomic E-state index is 12.7. The van der Waals surface area contributed by atoms with Gasteiger partial charge in [0.15, 0.2) is 0 Å². The molecule has 128 valence electrons. The van der Waals surface area contributed by atoms with Gasteiger partial charge in [-0.2, -0.15) is 5.06 Å². The molecule has 1 N–H and O–H groups in total. The molecule has 4 rings (SSSR count). The van der Waals surface area contributed by atoms with Crippen LogP contribution in [0.2, 0.25) is 0 Å². The Kier molecular flexibility index (Phi) is 3.90. The summed E-state index contributed by atoms with van der Waals surface area (Å²) in [4.78, 5) is 34.3. The maximum Gasteiger partial charge on any atom is 0.345 e. The minimum absolute atomic E-state index is 0.00987. The highest BCUT2D eigenvalue weighted by atomic mass is 16.7. The molecular formula is C17H21N3O4. The monoisotopic (exact) mass is 331 g/mol. The predicted molar refractivity (Wildman–Crippen MR) is 84.5 cm³/mol. The highest BCUT2D eigenvalue weighted by Crippen LogP contribution is 2.38. The van der Waals surface area contributed by atoms with Crippen molar-refractivity contribution in [2.75, 3.05) is 26.2 Å². The zero-order valence-corrected chi connectivity index (χ0v) is 13.4. The molecule has 0 spiro atoms. The van der Waals surface area contributed by atoms with Crippen LogP contribution in [0.25, 0.3) is 0 Å². The van der Waals surface area contributed by atoms with Gasteiger partial charge in [-0.3, -0.25) is 9.63 Å². The van der Waals surface area contributed by atoms with Crippen molar-refractivity contribution in [3.8, 4) is 0 Å². The lowest BCUT2D eigenvalue weighted by Crippen LogP contribution is -2.48. The summed E-state index contributed by atoms with van der Waals surface area (Å²) in [5.74, 6) is 0.0721. The molecule has 0 unspecified atom stereocenters. The first-order valence-electron chi connectivity index (χ1n) is 8.35. The van der Waals surface area contributed by atoms with Crippen LogP contribution in [-0.4, -0.2) is 70.2 Å². The van der Waals surface area contributed by atoms with Crippen LogP contribution in [0.4, 0.5) is 4.79 Å². The number of rotatable bonds is 5. The summed E-state index contributed by atoms with van der Waals surface area (Å²) < 4.78 is 0. The Morgan fingerprint density at radius 1 is 1.17 bits per heavy atom. The second-order valence-corrected chi connectivity index (χ2v) is 6.62. The number of fused-ring (bicyclic) bond motifs is 4. The smallest absolute Gasteiger partial charge is 0.345 e. The first kappa shape index (κ1) is 15.4. The van der Waals surface area contributed by atoms with E-state index >= 15 is 0 Å². The largest absolute Gasteiger partial charge is 0.395 e. The van der Waals surface area contributed by atoms with Crippen molar-refractivity contribution >= 4 is 11.9 Å². The van der Waals surface area contributed by atoms with Crippen LogP contribution in [0.3, 0.4) is 0 Å². The van der Waals surface area contributed by atoms with Crippen molar-refractivity contribution in [1.82, 2.24) is 14.9 Å². The van der Waals surface area contributed by atoms with Gasteiger partial charge in [-0.05, 0) is 12.0 Å². The van der Waals surface area contributed by atoms with Crippen LogP contribution >= 0.6 is 0 Å². The number of piperidine rings is 1. The number of hydrogen-bond acceptors (Lipinski definition) is 4. The summed E-state index contributed by atoms with van der Waals surface area (Å²) in [5.41, 5.74) is 1.01. The van der Waals surface area contributed by atoms with Gasteiger partial charge in [0, 0.05) is 25.6 Å². The fraction of sp³-hybridized carbons (Fsp3) is 0.529. The van der Waals surface area contributed by atoms with E-state index in [1.165, 1.54) is 5.06 Å². The molecule has 7 nitrogen and oxygen atoms in total. The number of aliphatic hydroxyl groups is 1. The number of benzene rings is 1. The lowest BCUT2D eigenvalue weighted by Gasteiger charge is -2.30. The third kappa shape index (κ3) is 2.44. The van der Waals surface area contributed by atoms with E-state index in [-0.39, 0.29) is 30.5 Å². The molecule has 3 saturated heterocycles. The molecule has 1 aromatic carbocycles. The minimum atomic E-state index is -0.398. The molecule has 0 aromatic heterocycles. The SMILES string of the molecule is O=C1[C@@H]2[C@@H](C[C@@H]3CN2C(=O)N3OCc2ccccc2)CN1CCO. The molecule has 1 aromatic rings. The summed E-state index contributed by atoms with van der Waals surface area (Å²) in [6.45, 7) is 1.78. The van der Waals surface area contributed by atoms with Gasteiger partial charge in [-0.25, -0.2) is 4.79 Å². The number of likely N-dealkylation sites (tertiary alicyclic amines) is 1. The number of hydroxylamine groups is 2.